The zero-order valence-electron chi connectivity index (χ0n) is 11.9. The van der Waals surface area contributed by atoms with E-state index in [1.807, 2.05) is 11.4 Å². The Morgan fingerprint density at radius 2 is 2.38 bits per heavy atom. The van der Waals surface area contributed by atoms with Gasteiger partial charge in [-0.05, 0) is 35.9 Å². The van der Waals surface area contributed by atoms with Crippen LogP contribution in [-0.2, 0) is 20.9 Å². The van der Waals surface area contributed by atoms with E-state index in [-0.39, 0.29) is 11.8 Å². The summed E-state index contributed by atoms with van der Waals surface area (Å²) in [6.45, 7) is 1.80. The second kappa shape index (κ2) is 7.38. The lowest BCUT2D eigenvalue weighted by Crippen LogP contribution is -2.36. The summed E-state index contributed by atoms with van der Waals surface area (Å²) < 4.78 is 5.35. The fourth-order valence-electron chi connectivity index (χ4n) is 2.32. The highest BCUT2D eigenvalue weighted by molar-refractivity contribution is 7.11. The van der Waals surface area contributed by atoms with E-state index in [9.17, 15) is 9.59 Å². The molecule has 1 saturated heterocycles. The van der Waals surface area contributed by atoms with E-state index in [0.29, 0.717) is 13.2 Å². The highest BCUT2D eigenvalue weighted by Gasteiger charge is 2.24. The van der Waals surface area contributed by atoms with Crippen LogP contribution in [0.15, 0.2) is 17.5 Å². The first-order chi connectivity index (χ1) is 10.1. The molecular formula is C15H19NO4S. The number of carbonyl (C=O) groups excluding carboxylic acids is 1. The third-order valence-electron chi connectivity index (χ3n) is 3.37. The molecule has 0 aliphatic carbocycles. The SMILES string of the molecule is CN(Cc1csc(C=CC(=O)O)c1)C(=O)C1CCCOC1. The predicted molar refractivity (Wildman–Crippen MR) is 81.0 cm³/mol. The normalized spacial score (nSPS) is 18.8. The number of hydrogen-bond acceptors (Lipinski definition) is 4. The highest BCUT2D eigenvalue weighted by atomic mass is 32.1. The van der Waals surface area contributed by atoms with Gasteiger partial charge < -0.3 is 14.7 Å². The van der Waals surface area contributed by atoms with Crippen molar-refractivity contribution in [2.24, 2.45) is 5.92 Å². The van der Waals surface area contributed by atoms with E-state index in [1.165, 1.54) is 11.3 Å². The Morgan fingerprint density at radius 1 is 1.57 bits per heavy atom. The summed E-state index contributed by atoms with van der Waals surface area (Å²) in [5, 5.41) is 10.5. The van der Waals surface area contributed by atoms with Gasteiger partial charge in [0.25, 0.3) is 0 Å². The minimum Gasteiger partial charge on any atom is -0.478 e. The van der Waals surface area contributed by atoms with Crippen LogP contribution < -0.4 is 0 Å². The van der Waals surface area contributed by atoms with Gasteiger partial charge in [-0.25, -0.2) is 4.79 Å². The minimum atomic E-state index is -0.963. The summed E-state index contributed by atoms with van der Waals surface area (Å²) in [6, 6.07) is 1.91. The highest BCUT2D eigenvalue weighted by Crippen LogP contribution is 2.20. The van der Waals surface area contributed by atoms with Gasteiger partial charge in [0, 0.05) is 31.2 Å². The third kappa shape index (κ3) is 4.68. The number of carboxylic acid groups (broad SMARTS) is 1. The predicted octanol–water partition coefficient (Wildman–Crippen LogP) is 2.23. The Hall–Kier alpha value is -1.66. The lowest BCUT2D eigenvalue weighted by molar-refractivity contribution is -0.139. The van der Waals surface area contributed by atoms with Gasteiger partial charge in [0.2, 0.25) is 5.91 Å². The fourth-order valence-corrected chi connectivity index (χ4v) is 3.11. The molecule has 1 amide bonds. The van der Waals surface area contributed by atoms with Gasteiger partial charge in [0.15, 0.2) is 0 Å². The van der Waals surface area contributed by atoms with E-state index in [2.05, 4.69) is 0 Å². The molecule has 0 radical (unpaired) electrons. The van der Waals surface area contributed by atoms with Crippen molar-refractivity contribution in [3.63, 3.8) is 0 Å². The van der Waals surface area contributed by atoms with Crippen LogP contribution in [-0.4, -0.2) is 42.1 Å². The summed E-state index contributed by atoms with van der Waals surface area (Å²) in [5.41, 5.74) is 1.01. The average molecular weight is 309 g/mol. The Balaban J connectivity index is 1.91. The molecule has 1 atom stereocenters. The van der Waals surface area contributed by atoms with Crippen LogP contribution in [0.4, 0.5) is 0 Å². The van der Waals surface area contributed by atoms with Crippen molar-refractivity contribution >= 4 is 29.3 Å². The maximum absolute atomic E-state index is 12.3. The zero-order valence-corrected chi connectivity index (χ0v) is 12.8. The molecule has 114 valence electrons. The molecular weight excluding hydrogens is 290 g/mol. The van der Waals surface area contributed by atoms with Gasteiger partial charge in [-0.2, -0.15) is 0 Å². The molecule has 0 spiro atoms. The van der Waals surface area contributed by atoms with Gasteiger partial charge in [0.1, 0.15) is 0 Å². The van der Waals surface area contributed by atoms with Gasteiger partial charge in [0.05, 0.1) is 12.5 Å². The topological polar surface area (TPSA) is 66.8 Å². The summed E-state index contributed by atoms with van der Waals surface area (Å²) in [7, 11) is 1.79. The molecule has 1 fully saturated rings. The quantitative estimate of drug-likeness (QED) is 0.847. The monoisotopic (exact) mass is 309 g/mol. The molecule has 1 N–H and O–H groups in total. The summed E-state index contributed by atoms with van der Waals surface area (Å²) >= 11 is 1.47. The Morgan fingerprint density at radius 3 is 3.05 bits per heavy atom. The summed E-state index contributed by atoms with van der Waals surface area (Å²) in [6.07, 6.45) is 4.50. The number of aliphatic carboxylic acids is 1. The van der Waals surface area contributed by atoms with Crippen LogP contribution in [0.2, 0.25) is 0 Å². The summed E-state index contributed by atoms with van der Waals surface area (Å²) in [4.78, 5) is 25.3. The first-order valence-electron chi connectivity index (χ1n) is 6.87. The molecule has 1 aromatic rings. The maximum atomic E-state index is 12.3. The van der Waals surface area contributed by atoms with Crippen LogP contribution in [0.3, 0.4) is 0 Å². The van der Waals surface area contributed by atoms with Crippen molar-refractivity contribution in [1.82, 2.24) is 4.90 Å². The van der Waals surface area contributed by atoms with E-state index in [0.717, 1.165) is 36.0 Å². The molecule has 21 heavy (non-hydrogen) atoms. The first kappa shape index (κ1) is 15.7. The number of ether oxygens (including phenoxy) is 1. The number of carbonyl (C=O) groups is 2. The van der Waals surface area contributed by atoms with E-state index < -0.39 is 5.97 Å². The smallest absolute Gasteiger partial charge is 0.328 e. The van der Waals surface area contributed by atoms with Crippen molar-refractivity contribution in [2.75, 3.05) is 20.3 Å². The average Bonchev–Trinajstić information content (AvgIpc) is 2.92. The largest absolute Gasteiger partial charge is 0.478 e. The van der Waals surface area contributed by atoms with E-state index in [1.54, 1.807) is 18.0 Å². The van der Waals surface area contributed by atoms with Crippen molar-refractivity contribution in [3.05, 3.63) is 28.0 Å². The van der Waals surface area contributed by atoms with Crippen LogP contribution in [0.1, 0.15) is 23.3 Å². The van der Waals surface area contributed by atoms with Gasteiger partial charge in [-0.15, -0.1) is 11.3 Å². The fraction of sp³-hybridized carbons (Fsp3) is 0.467. The van der Waals surface area contributed by atoms with Crippen LogP contribution in [0.5, 0.6) is 0 Å². The zero-order chi connectivity index (χ0) is 15.2. The number of carboxylic acids is 1. The molecule has 1 aromatic heterocycles. The molecule has 6 heteroatoms. The molecule has 1 aliphatic rings. The Labute approximate surface area is 127 Å². The van der Waals surface area contributed by atoms with Crippen LogP contribution in [0, 0.1) is 5.92 Å². The second-order valence-corrected chi connectivity index (χ2v) is 6.08. The van der Waals surface area contributed by atoms with Crippen molar-refractivity contribution < 1.29 is 19.4 Å². The number of rotatable bonds is 5. The van der Waals surface area contributed by atoms with Crippen LogP contribution >= 0.6 is 11.3 Å². The Bertz CT molecular complexity index is 532. The molecule has 2 heterocycles. The molecule has 1 unspecified atom stereocenters. The first-order valence-corrected chi connectivity index (χ1v) is 7.75. The number of thiophene rings is 1. The molecule has 0 saturated carbocycles. The van der Waals surface area contributed by atoms with Gasteiger partial charge in [-0.1, -0.05) is 0 Å². The van der Waals surface area contributed by atoms with Gasteiger partial charge >= 0.3 is 5.97 Å². The number of nitrogens with zero attached hydrogens (tertiary/aromatic N) is 1. The number of amides is 1. The second-order valence-electron chi connectivity index (χ2n) is 5.14. The van der Waals surface area contributed by atoms with Crippen molar-refractivity contribution in [3.8, 4) is 0 Å². The molecule has 2 rings (SSSR count). The van der Waals surface area contributed by atoms with E-state index in [4.69, 9.17) is 9.84 Å². The van der Waals surface area contributed by atoms with E-state index >= 15 is 0 Å². The summed E-state index contributed by atoms with van der Waals surface area (Å²) in [5.74, 6) is -0.883. The molecule has 5 nitrogen and oxygen atoms in total. The lowest BCUT2D eigenvalue weighted by atomic mass is 10.0. The molecule has 0 aromatic carbocycles. The molecule has 1 aliphatic heterocycles. The lowest BCUT2D eigenvalue weighted by Gasteiger charge is -2.26. The van der Waals surface area contributed by atoms with Crippen molar-refractivity contribution in [2.45, 2.75) is 19.4 Å². The Kier molecular flexibility index (Phi) is 5.52. The molecule has 0 bridgehead atoms. The maximum Gasteiger partial charge on any atom is 0.328 e. The number of hydrogen-bond donors (Lipinski definition) is 1. The van der Waals surface area contributed by atoms with Crippen LogP contribution in [0.25, 0.3) is 6.08 Å². The van der Waals surface area contributed by atoms with Gasteiger partial charge in [-0.3, -0.25) is 4.79 Å². The third-order valence-corrected chi connectivity index (χ3v) is 4.32. The standard InChI is InChI=1S/C15H19NO4S/c1-16(15(19)12-3-2-6-20-9-12)8-11-7-13(21-10-11)4-5-14(17)18/h4-5,7,10,12H,2-3,6,8-9H2,1H3,(H,17,18). The van der Waals surface area contributed by atoms with Crippen molar-refractivity contribution in [1.29, 1.82) is 0 Å². The minimum absolute atomic E-state index is 0.0336.